The molecule has 1 unspecified atom stereocenters. The van der Waals surface area contributed by atoms with Gasteiger partial charge in [0.25, 0.3) is 0 Å². The van der Waals surface area contributed by atoms with E-state index in [4.69, 9.17) is 15.1 Å². The van der Waals surface area contributed by atoms with Crippen molar-refractivity contribution in [2.75, 3.05) is 0 Å². The van der Waals surface area contributed by atoms with E-state index >= 15 is 0 Å². The number of carboxylic acids is 1. The summed E-state index contributed by atoms with van der Waals surface area (Å²) in [6.45, 7) is 3.96. The van der Waals surface area contributed by atoms with Gasteiger partial charge in [-0.3, -0.25) is 9.59 Å². The maximum atomic E-state index is 13.6. The van der Waals surface area contributed by atoms with Crippen molar-refractivity contribution in [1.29, 1.82) is 0 Å². The molecule has 3 aromatic rings. The zero-order valence-electron chi connectivity index (χ0n) is 18.4. The van der Waals surface area contributed by atoms with Gasteiger partial charge >= 0.3 is 5.97 Å². The molecule has 3 rings (SSSR count). The summed E-state index contributed by atoms with van der Waals surface area (Å²) in [5.74, 6) is -1.65. The lowest BCUT2D eigenvalue weighted by atomic mass is 9.96. The van der Waals surface area contributed by atoms with Gasteiger partial charge in [-0.15, -0.1) is 0 Å². The predicted octanol–water partition coefficient (Wildman–Crippen LogP) is 4.88. The first-order valence-electron chi connectivity index (χ1n) is 10.6. The molecule has 6 nitrogen and oxygen atoms in total. The molecule has 2 aromatic carbocycles. The SMILES string of the molecule is CC(C)c1nc(-c2ccccc2)nc(-c2ccc(F)cc2)c1/C=C/C(O)CC(=O)CC(=O)O. The Kier molecular flexibility index (Phi) is 7.79. The number of carbonyl (C=O) groups is 2. The fraction of sp³-hybridized carbons (Fsp3) is 0.231. The van der Waals surface area contributed by atoms with Gasteiger partial charge in [-0.25, -0.2) is 14.4 Å². The van der Waals surface area contributed by atoms with E-state index in [1.165, 1.54) is 18.2 Å². The molecule has 0 radical (unpaired) electrons. The summed E-state index contributed by atoms with van der Waals surface area (Å²) >= 11 is 0. The molecule has 0 fully saturated rings. The Balaban J connectivity index is 2.09. The van der Waals surface area contributed by atoms with E-state index in [0.717, 1.165) is 11.3 Å². The van der Waals surface area contributed by atoms with E-state index in [2.05, 4.69) is 0 Å². The molecule has 170 valence electrons. The number of aromatic nitrogens is 2. The second-order valence-electron chi connectivity index (χ2n) is 7.96. The van der Waals surface area contributed by atoms with Crippen molar-refractivity contribution >= 4 is 17.8 Å². The highest BCUT2D eigenvalue weighted by Gasteiger charge is 2.18. The van der Waals surface area contributed by atoms with Crippen LogP contribution in [0.4, 0.5) is 4.39 Å². The number of nitrogens with zero attached hydrogens (tertiary/aromatic N) is 2. The molecule has 1 atom stereocenters. The lowest BCUT2D eigenvalue weighted by Gasteiger charge is -2.16. The Labute approximate surface area is 191 Å². The van der Waals surface area contributed by atoms with Gasteiger partial charge in [0.2, 0.25) is 0 Å². The van der Waals surface area contributed by atoms with E-state index in [1.807, 2.05) is 44.2 Å². The van der Waals surface area contributed by atoms with E-state index in [0.29, 0.717) is 22.6 Å². The van der Waals surface area contributed by atoms with Crippen LogP contribution < -0.4 is 0 Å². The molecular weight excluding hydrogens is 423 g/mol. The minimum atomic E-state index is -1.23. The molecule has 0 aliphatic heterocycles. The summed E-state index contributed by atoms with van der Waals surface area (Å²) in [4.78, 5) is 32.0. The number of carbonyl (C=O) groups excluding carboxylic acids is 1. The van der Waals surface area contributed by atoms with Crippen LogP contribution in [0, 0.1) is 5.82 Å². The largest absolute Gasteiger partial charge is 0.481 e. The Morgan fingerprint density at radius 1 is 1.00 bits per heavy atom. The Hall–Kier alpha value is -3.71. The number of ketones is 1. The standard InChI is InChI=1S/C26H25FN2O4/c1-16(2)24-22(13-12-20(30)14-21(31)15-23(32)33)25(17-8-10-19(27)11-9-17)29-26(28-24)18-6-4-3-5-7-18/h3-13,16,20,30H,14-15H2,1-2H3,(H,32,33)/b13-12+. The topological polar surface area (TPSA) is 100 Å². The molecule has 1 aromatic heterocycles. The van der Waals surface area contributed by atoms with Crippen molar-refractivity contribution in [3.8, 4) is 22.6 Å². The number of hydrogen-bond acceptors (Lipinski definition) is 5. The van der Waals surface area contributed by atoms with E-state index in [-0.39, 0.29) is 18.2 Å². The van der Waals surface area contributed by atoms with Crippen molar-refractivity contribution in [3.05, 3.63) is 77.7 Å². The normalized spacial score (nSPS) is 12.3. The van der Waals surface area contributed by atoms with Crippen LogP contribution in [0.2, 0.25) is 0 Å². The number of carboxylic acid groups (broad SMARTS) is 1. The highest BCUT2D eigenvalue weighted by atomic mass is 19.1. The van der Waals surface area contributed by atoms with E-state index in [1.54, 1.807) is 18.2 Å². The third kappa shape index (κ3) is 6.40. The maximum absolute atomic E-state index is 13.6. The summed E-state index contributed by atoms with van der Waals surface area (Å²) in [5, 5.41) is 19.0. The molecule has 33 heavy (non-hydrogen) atoms. The van der Waals surface area contributed by atoms with E-state index < -0.39 is 24.3 Å². The summed E-state index contributed by atoms with van der Waals surface area (Å²) < 4.78 is 13.6. The molecule has 1 heterocycles. The average molecular weight is 448 g/mol. The number of Topliss-reactive ketones (excluding diaryl/α,β-unsaturated/α-hetero) is 1. The highest BCUT2D eigenvalue weighted by Crippen LogP contribution is 2.32. The van der Waals surface area contributed by atoms with Crippen LogP contribution in [0.5, 0.6) is 0 Å². The van der Waals surface area contributed by atoms with Gasteiger partial charge in [-0.1, -0.05) is 56.3 Å². The molecule has 0 saturated heterocycles. The minimum Gasteiger partial charge on any atom is -0.481 e. The average Bonchev–Trinajstić information content (AvgIpc) is 2.77. The number of aliphatic carboxylic acids is 1. The zero-order valence-corrected chi connectivity index (χ0v) is 18.4. The van der Waals surface area contributed by atoms with Crippen molar-refractivity contribution in [2.45, 2.75) is 38.7 Å². The van der Waals surface area contributed by atoms with Crippen LogP contribution in [0.1, 0.15) is 43.9 Å². The summed E-state index contributed by atoms with van der Waals surface area (Å²) in [7, 11) is 0. The fourth-order valence-electron chi connectivity index (χ4n) is 3.38. The highest BCUT2D eigenvalue weighted by molar-refractivity contribution is 5.95. The first kappa shape index (κ1) is 23.9. The number of aliphatic hydroxyl groups is 1. The second kappa shape index (κ2) is 10.7. The van der Waals surface area contributed by atoms with Gasteiger partial charge in [-0.2, -0.15) is 0 Å². The summed E-state index contributed by atoms with van der Waals surface area (Å²) in [6.07, 6.45) is 0.958. The van der Waals surface area contributed by atoms with Crippen molar-refractivity contribution < 1.29 is 24.2 Å². The van der Waals surface area contributed by atoms with Crippen molar-refractivity contribution in [1.82, 2.24) is 9.97 Å². The van der Waals surface area contributed by atoms with Gasteiger partial charge in [0, 0.05) is 23.1 Å². The number of benzene rings is 2. The van der Waals surface area contributed by atoms with Gasteiger partial charge in [-0.05, 0) is 30.2 Å². The zero-order chi connectivity index (χ0) is 24.0. The smallest absolute Gasteiger partial charge is 0.310 e. The first-order chi connectivity index (χ1) is 15.7. The Bertz CT molecular complexity index is 1160. The second-order valence-corrected chi connectivity index (χ2v) is 7.96. The summed E-state index contributed by atoms with van der Waals surface area (Å²) in [5.41, 5.74) is 3.43. The predicted molar refractivity (Wildman–Crippen MR) is 124 cm³/mol. The molecule has 0 bridgehead atoms. The minimum absolute atomic E-state index is 0.0000887. The van der Waals surface area contributed by atoms with Crippen LogP contribution >= 0.6 is 0 Å². The fourth-order valence-corrected chi connectivity index (χ4v) is 3.38. The monoisotopic (exact) mass is 448 g/mol. The molecular formula is C26H25FN2O4. The third-order valence-electron chi connectivity index (χ3n) is 4.94. The molecule has 0 amide bonds. The van der Waals surface area contributed by atoms with Crippen LogP contribution in [-0.2, 0) is 9.59 Å². The third-order valence-corrected chi connectivity index (χ3v) is 4.94. The summed E-state index contributed by atoms with van der Waals surface area (Å²) in [6, 6.07) is 15.4. The van der Waals surface area contributed by atoms with Crippen LogP contribution in [0.15, 0.2) is 60.7 Å². The van der Waals surface area contributed by atoms with Crippen LogP contribution in [0.3, 0.4) is 0 Å². The Morgan fingerprint density at radius 2 is 1.67 bits per heavy atom. The lowest BCUT2D eigenvalue weighted by molar-refractivity contribution is -0.140. The van der Waals surface area contributed by atoms with E-state index in [9.17, 15) is 19.1 Å². The molecule has 0 aliphatic carbocycles. The number of hydrogen-bond donors (Lipinski definition) is 2. The number of aliphatic hydroxyl groups excluding tert-OH is 1. The first-order valence-corrected chi connectivity index (χ1v) is 10.6. The van der Waals surface area contributed by atoms with Crippen molar-refractivity contribution in [3.63, 3.8) is 0 Å². The van der Waals surface area contributed by atoms with Crippen LogP contribution in [0.25, 0.3) is 28.7 Å². The van der Waals surface area contributed by atoms with Crippen LogP contribution in [-0.4, -0.2) is 38.0 Å². The molecule has 0 aliphatic rings. The quantitative estimate of drug-likeness (QED) is 0.453. The number of rotatable bonds is 9. The molecule has 0 saturated carbocycles. The van der Waals surface area contributed by atoms with Gasteiger partial charge in [0.15, 0.2) is 5.82 Å². The lowest BCUT2D eigenvalue weighted by Crippen LogP contribution is -2.14. The number of halogens is 1. The van der Waals surface area contributed by atoms with Gasteiger partial charge < -0.3 is 10.2 Å². The van der Waals surface area contributed by atoms with Gasteiger partial charge in [0.1, 0.15) is 18.0 Å². The van der Waals surface area contributed by atoms with Gasteiger partial charge in [0.05, 0.1) is 17.5 Å². The molecule has 2 N–H and O–H groups in total. The maximum Gasteiger partial charge on any atom is 0.310 e. The Morgan fingerprint density at radius 3 is 2.27 bits per heavy atom. The molecule has 0 spiro atoms. The van der Waals surface area contributed by atoms with Crippen molar-refractivity contribution in [2.24, 2.45) is 0 Å². The molecule has 7 heteroatoms.